The molecule has 0 spiro atoms. The molecule has 3 atom stereocenters. The van der Waals surface area contributed by atoms with Gasteiger partial charge >= 0.3 is 0 Å². The highest BCUT2D eigenvalue weighted by atomic mass is 15.2. The molecule has 2 aliphatic heterocycles. The summed E-state index contributed by atoms with van der Waals surface area (Å²) < 4.78 is 0. The SMILES string of the molecule is CC(C)CC(C)N1CC2CNCC2C1. The minimum absolute atomic E-state index is 0.792. The van der Waals surface area contributed by atoms with Crippen molar-refractivity contribution in [1.29, 1.82) is 0 Å². The van der Waals surface area contributed by atoms with Crippen LogP contribution in [0.3, 0.4) is 0 Å². The average molecular weight is 196 g/mol. The Hall–Kier alpha value is -0.0800. The second kappa shape index (κ2) is 4.19. The van der Waals surface area contributed by atoms with Gasteiger partial charge in [0.05, 0.1) is 0 Å². The van der Waals surface area contributed by atoms with Gasteiger partial charge in [-0.2, -0.15) is 0 Å². The van der Waals surface area contributed by atoms with Crippen molar-refractivity contribution in [3.8, 4) is 0 Å². The van der Waals surface area contributed by atoms with Crippen LogP contribution in [0.1, 0.15) is 27.2 Å². The third-order valence-electron chi connectivity index (χ3n) is 3.85. The number of rotatable bonds is 3. The van der Waals surface area contributed by atoms with Crippen molar-refractivity contribution in [2.75, 3.05) is 26.2 Å². The molecule has 0 aromatic rings. The van der Waals surface area contributed by atoms with Gasteiger partial charge in [0.15, 0.2) is 0 Å². The first-order chi connectivity index (χ1) is 6.66. The Bertz CT molecular complexity index is 179. The van der Waals surface area contributed by atoms with Crippen molar-refractivity contribution in [3.63, 3.8) is 0 Å². The summed E-state index contributed by atoms with van der Waals surface area (Å²) in [6, 6.07) is 0.792. The monoisotopic (exact) mass is 196 g/mol. The van der Waals surface area contributed by atoms with Crippen molar-refractivity contribution < 1.29 is 0 Å². The van der Waals surface area contributed by atoms with E-state index in [1.807, 2.05) is 0 Å². The Morgan fingerprint density at radius 2 is 1.71 bits per heavy atom. The van der Waals surface area contributed by atoms with Crippen LogP contribution in [0, 0.1) is 17.8 Å². The third-order valence-corrected chi connectivity index (χ3v) is 3.85. The molecule has 2 nitrogen and oxygen atoms in total. The van der Waals surface area contributed by atoms with Gasteiger partial charge in [-0.1, -0.05) is 13.8 Å². The first-order valence-electron chi connectivity index (χ1n) is 6.11. The van der Waals surface area contributed by atoms with Crippen LogP contribution in [0.25, 0.3) is 0 Å². The smallest absolute Gasteiger partial charge is 0.00696 e. The quantitative estimate of drug-likeness (QED) is 0.737. The topological polar surface area (TPSA) is 15.3 Å². The second-order valence-electron chi connectivity index (χ2n) is 5.61. The molecule has 2 fully saturated rings. The van der Waals surface area contributed by atoms with Gasteiger partial charge < -0.3 is 5.32 Å². The molecule has 0 radical (unpaired) electrons. The summed E-state index contributed by atoms with van der Waals surface area (Å²) in [4.78, 5) is 2.70. The lowest BCUT2D eigenvalue weighted by atomic mass is 10.0. The van der Waals surface area contributed by atoms with E-state index in [1.54, 1.807) is 0 Å². The molecular formula is C12H24N2. The molecule has 0 aliphatic carbocycles. The van der Waals surface area contributed by atoms with Crippen molar-refractivity contribution in [1.82, 2.24) is 10.2 Å². The van der Waals surface area contributed by atoms with Gasteiger partial charge in [0.25, 0.3) is 0 Å². The Balaban J connectivity index is 1.83. The molecule has 2 aliphatic rings. The van der Waals surface area contributed by atoms with E-state index in [1.165, 1.54) is 32.6 Å². The van der Waals surface area contributed by atoms with Gasteiger partial charge in [-0.3, -0.25) is 4.90 Å². The lowest BCUT2D eigenvalue weighted by Crippen LogP contribution is -2.34. The molecule has 0 aromatic heterocycles. The van der Waals surface area contributed by atoms with Gasteiger partial charge in [0, 0.05) is 19.1 Å². The molecule has 2 heterocycles. The average Bonchev–Trinajstić information content (AvgIpc) is 2.58. The maximum absolute atomic E-state index is 3.50. The van der Waals surface area contributed by atoms with Crippen molar-refractivity contribution in [2.24, 2.45) is 17.8 Å². The van der Waals surface area contributed by atoms with Crippen LogP contribution in [0.5, 0.6) is 0 Å². The standard InChI is InChI=1S/C12H24N2/c1-9(2)4-10(3)14-7-11-5-13-6-12(11)8-14/h9-13H,4-8H2,1-3H3. The van der Waals surface area contributed by atoms with E-state index in [0.29, 0.717) is 0 Å². The zero-order chi connectivity index (χ0) is 10.1. The van der Waals surface area contributed by atoms with Crippen LogP contribution in [-0.4, -0.2) is 37.1 Å². The zero-order valence-corrected chi connectivity index (χ0v) is 9.79. The summed E-state index contributed by atoms with van der Waals surface area (Å²) in [5.74, 6) is 2.73. The summed E-state index contributed by atoms with van der Waals surface area (Å²) in [5.41, 5.74) is 0. The van der Waals surface area contributed by atoms with E-state index < -0.39 is 0 Å². The first kappa shape index (κ1) is 10.4. The Labute approximate surface area is 88.1 Å². The largest absolute Gasteiger partial charge is 0.316 e. The van der Waals surface area contributed by atoms with E-state index in [2.05, 4.69) is 31.0 Å². The summed E-state index contributed by atoms with van der Waals surface area (Å²) in [6.45, 7) is 12.3. The minimum atomic E-state index is 0.792. The van der Waals surface area contributed by atoms with Crippen molar-refractivity contribution in [3.05, 3.63) is 0 Å². The van der Waals surface area contributed by atoms with Gasteiger partial charge in [-0.25, -0.2) is 0 Å². The predicted octanol–water partition coefficient (Wildman–Crippen LogP) is 1.57. The Morgan fingerprint density at radius 3 is 2.21 bits per heavy atom. The molecule has 0 saturated carbocycles. The van der Waals surface area contributed by atoms with Crippen LogP contribution in [-0.2, 0) is 0 Å². The molecule has 0 amide bonds. The molecular weight excluding hydrogens is 172 g/mol. The van der Waals surface area contributed by atoms with Gasteiger partial charge in [0.2, 0.25) is 0 Å². The lowest BCUT2D eigenvalue weighted by Gasteiger charge is -2.26. The number of likely N-dealkylation sites (tertiary alicyclic amines) is 1. The first-order valence-corrected chi connectivity index (χ1v) is 6.11. The summed E-state index contributed by atoms with van der Waals surface area (Å²) >= 11 is 0. The molecule has 0 aromatic carbocycles. The van der Waals surface area contributed by atoms with Crippen LogP contribution < -0.4 is 5.32 Å². The Morgan fingerprint density at radius 1 is 1.14 bits per heavy atom. The van der Waals surface area contributed by atoms with Crippen LogP contribution in [0.4, 0.5) is 0 Å². The molecule has 14 heavy (non-hydrogen) atoms. The lowest BCUT2D eigenvalue weighted by molar-refractivity contribution is 0.214. The fraction of sp³-hybridized carbons (Fsp3) is 1.00. The van der Waals surface area contributed by atoms with E-state index in [4.69, 9.17) is 0 Å². The summed E-state index contributed by atoms with van der Waals surface area (Å²) in [7, 11) is 0. The van der Waals surface area contributed by atoms with E-state index >= 15 is 0 Å². The highest BCUT2D eigenvalue weighted by Gasteiger charge is 2.37. The highest BCUT2D eigenvalue weighted by Crippen LogP contribution is 2.28. The van der Waals surface area contributed by atoms with Gasteiger partial charge in [-0.15, -0.1) is 0 Å². The molecule has 82 valence electrons. The predicted molar refractivity (Wildman–Crippen MR) is 60.3 cm³/mol. The molecule has 3 unspecified atom stereocenters. The second-order valence-corrected chi connectivity index (χ2v) is 5.61. The molecule has 1 N–H and O–H groups in total. The highest BCUT2D eigenvalue weighted by molar-refractivity contribution is 4.92. The molecule has 2 heteroatoms. The van der Waals surface area contributed by atoms with Crippen LogP contribution in [0.15, 0.2) is 0 Å². The van der Waals surface area contributed by atoms with Crippen LogP contribution >= 0.6 is 0 Å². The zero-order valence-electron chi connectivity index (χ0n) is 9.79. The van der Waals surface area contributed by atoms with Crippen molar-refractivity contribution in [2.45, 2.75) is 33.2 Å². The van der Waals surface area contributed by atoms with E-state index in [9.17, 15) is 0 Å². The number of hydrogen-bond acceptors (Lipinski definition) is 2. The fourth-order valence-electron chi connectivity index (χ4n) is 3.08. The molecule has 0 bridgehead atoms. The molecule has 2 rings (SSSR count). The Kier molecular flexibility index (Phi) is 3.13. The molecule has 2 saturated heterocycles. The number of hydrogen-bond donors (Lipinski definition) is 1. The number of nitrogens with one attached hydrogen (secondary N) is 1. The number of nitrogens with zero attached hydrogens (tertiary/aromatic N) is 1. The normalized spacial score (nSPS) is 35.1. The fourth-order valence-corrected chi connectivity index (χ4v) is 3.08. The van der Waals surface area contributed by atoms with Gasteiger partial charge in [-0.05, 0) is 44.2 Å². The van der Waals surface area contributed by atoms with E-state index in [-0.39, 0.29) is 0 Å². The van der Waals surface area contributed by atoms with Crippen LogP contribution in [0.2, 0.25) is 0 Å². The summed E-state index contributed by atoms with van der Waals surface area (Å²) in [5, 5.41) is 3.50. The summed E-state index contributed by atoms with van der Waals surface area (Å²) in [6.07, 6.45) is 1.35. The maximum Gasteiger partial charge on any atom is 0.00696 e. The van der Waals surface area contributed by atoms with Crippen molar-refractivity contribution >= 4 is 0 Å². The third kappa shape index (κ3) is 2.12. The van der Waals surface area contributed by atoms with E-state index in [0.717, 1.165) is 23.8 Å². The number of fused-ring (bicyclic) bond motifs is 1. The maximum atomic E-state index is 3.50. The van der Waals surface area contributed by atoms with Gasteiger partial charge in [0.1, 0.15) is 0 Å². The minimum Gasteiger partial charge on any atom is -0.316 e.